The van der Waals surface area contributed by atoms with Crippen LogP contribution in [0.25, 0.3) is 44.5 Å². The van der Waals surface area contributed by atoms with Gasteiger partial charge in [-0.25, -0.2) is 0 Å². The van der Waals surface area contributed by atoms with Gasteiger partial charge >= 0.3 is 0 Å². The summed E-state index contributed by atoms with van der Waals surface area (Å²) in [5.74, 6) is 0. The lowest BCUT2D eigenvalue weighted by atomic mass is 9.52. The molecule has 3 aliphatic carbocycles. The molecule has 0 heterocycles. The number of nitrogens with zero attached hydrogens (tertiary/aromatic N) is 1. The Hall–Kier alpha value is -6.31. The Bertz CT molecular complexity index is 2870. The third-order valence-electron chi connectivity index (χ3n) is 13.3. The highest BCUT2D eigenvalue weighted by Gasteiger charge is 2.51. The zero-order valence-electron chi connectivity index (χ0n) is 33.3. The number of rotatable bonds is 5. The highest BCUT2D eigenvalue weighted by Crippen LogP contribution is 2.63. The Labute approximate surface area is 338 Å². The van der Waals surface area contributed by atoms with Gasteiger partial charge in [0, 0.05) is 22.4 Å². The molecule has 57 heavy (non-hydrogen) atoms. The van der Waals surface area contributed by atoms with E-state index in [0.29, 0.717) is 0 Å². The van der Waals surface area contributed by atoms with E-state index in [0.717, 1.165) is 17.1 Å². The number of benzene rings is 8. The second-order valence-corrected chi connectivity index (χ2v) is 17.7. The molecular formula is C54H43B2N. The van der Waals surface area contributed by atoms with Gasteiger partial charge in [0.1, 0.15) is 15.7 Å². The Morgan fingerprint density at radius 1 is 0.404 bits per heavy atom. The Balaban J connectivity index is 1.18. The lowest BCUT2D eigenvalue weighted by Gasteiger charge is -2.33. The summed E-state index contributed by atoms with van der Waals surface area (Å²) in [6.45, 7) is 7.04. The summed E-state index contributed by atoms with van der Waals surface area (Å²) in [4.78, 5) is 2.52. The largest absolute Gasteiger partial charge is 0.310 e. The fourth-order valence-electron chi connectivity index (χ4n) is 10.5. The first-order chi connectivity index (χ1) is 27.7. The quantitative estimate of drug-likeness (QED) is 0.160. The number of hydrogen-bond donors (Lipinski definition) is 0. The van der Waals surface area contributed by atoms with Crippen molar-refractivity contribution in [3.63, 3.8) is 0 Å². The van der Waals surface area contributed by atoms with E-state index in [1.165, 1.54) is 83.5 Å². The number of para-hydroxylation sites is 1. The average molecular weight is 728 g/mol. The van der Waals surface area contributed by atoms with E-state index in [1.54, 1.807) is 0 Å². The van der Waals surface area contributed by atoms with Crippen molar-refractivity contribution in [1.82, 2.24) is 0 Å². The fraction of sp³-hybridized carbons (Fsp3) is 0.111. The van der Waals surface area contributed by atoms with Gasteiger partial charge in [-0.1, -0.05) is 183 Å². The minimum Gasteiger partial charge on any atom is -0.310 e. The first-order valence-corrected chi connectivity index (χ1v) is 20.4. The molecule has 8 aromatic rings. The lowest BCUT2D eigenvalue weighted by Crippen LogP contribution is -2.26. The van der Waals surface area contributed by atoms with Crippen molar-refractivity contribution >= 4 is 32.8 Å². The van der Waals surface area contributed by atoms with Gasteiger partial charge in [0.2, 0.25) is 0 Å². The third kappa shape index (κ3) is 4.72. The molecule has 3 heteroatoms. The molecule has 0 saturated carbocycles. The van der Waals surface area contributed by atoms with Gasteiger partial charge in [-0.05, 0) is 103 Å². The van der Waals surface area contributed by atoms with Crippen molar-refractivity contribution in [3.05, 3.63) is 221 Å². The van der Waals surface area contributed by atoms with Crippen molar-refractivity contribution in [2.75, 3.05) is 4.90 Å². The smallest absolute Gasteiger partial charge is 0.104 e. The van der Waals surface area contributed by atoms with Gasteiger partial charge < -0.3 is 4.90 Å². The second kappa shape index (κ2) is 12.1. The van der Waals surface area contributed by atoms with E-state index in [-0.39, 0.29) is 10.6 Å². The minimum atomic E-state index is -0.426. The molecule has 0 radical (unpaired) electrons. The maximum absolute atomic E-state index is 2.52. The maximum atomic E-state index is 2.52. The van der Waals surface area contributed by atoms with Gasteiger partial charge in [0.25, 0.3) is 0 Å². The molecule has 11 rings (SSSR count). The fourth-order valence-corrected chi connectivity index (χ4v) is 10.5. The molecule has 0 bridgehead atoms. The van der Waals surface area contributed by atoms with Crippen molar-refractivity contribution in [2.24, 2.45) is 0 Å². The summed E-state index contributed by atoms with van der Waals surface area (Å²) in [5, 5.41) is 0.0777. The average Bonchev–Trinajstić information content (AvgIpc) is 3.79. The van der Waals surface area contributed by atoms with Gasteiger partial charge in [-0.3, -0.25) is 0 Å². The number of fused-ring (bicyclic) bond motifs is 13. The molecule has 0 fully saturated rings. The van der Waals surface area contributed by atoms with E-state index in [1.807, 2.05) is 0 Å². The van der Waals surface area contributed by atoms with Crippen LogP contribution in [0.15, 0.2) is 182 Å². The molecule has 3 aliphatic rings. The van der Waals surface area contributed by atoms with Crippen LogP contribution in [0.1, 0.15) is 59.7 Å². The molecule has 270 valence electrons. The highest BCUT2D eigenvalue weighted by molar-refractivity contribution is 6.39. The van der Waals surface area contributed by atoms with Crippen LogP contribution in [-0.2, 0) is 16.0 Å². The first-order valence-electron chi connectivity index (χ1n) is 20.4. The minimum absolute atomic E-state index is 0.0777. The van der Waals surface area contributed by atoms with Gasteiger partial charge in [0.15, 0.2) is 0 Å². The monoisotopic (exact) mass is 727 g/mol. The van der Waals surface area contributed by atoms with E-state index >= 15 is 0 Å². The Morgan fingerprint density at radius 3 is 1.33 bits per heavy atom. The molecule has 1 spiro atoms. The van der Waals surface area contributed by atoms with E-state index in [4.69, 9.17) is 0 Å². The molecule has 0 N–H and O–H groups in total. The molecule has 0 atom stereocenters. The summed E-state index contributed by atoms with van der Waals surface area (Å²) in [7, 11) is 4.57. The molecule has 0 aromatic heterocycles. The maximum Gasteiger partial charge on any atom is 0.104 e. The molecule has 8 aromatic carbocycles. The molecule has 0 unspecified atom stereocenters. The molecular weight excluding hydrogens is 684 g/mol. The van der Waals surface area contributed by atoms with Gasteiger partial charge in [0.05, 0.1) is 11.1 Å². The van der Waals surface area contributed by atoms with Crippen molar-refractivity contribution in [1.29, 1.82) is 0 Å². The van der Waals surface area contributed by atoms with Crippen LogP contribution in [0, 0.1) is 0 Å². The summed E-state index contributed by atoms with van der Waals surface area (Å²) >= 11 is 0. The standard InChI is InChI=1S/C54H43B2N/c1-52(2)45-19-9-4-15-39(45)43-30-28-36(32-49(43)52)57(51-23-13-8-14-38(51)34-24-26-35(27-25-34)53(3,55)56)37-29-31-44-42-18-7-12-22-48(42)54(50(44)33-37)46-20-10-5-16-40(46)41-17-6-11-21-47(41)54/h4-33H,55-56H2,1-3H3. The topological polar surface area (TPSA) is 3.24 Å². The first kappa shape index (κ1) is 34.0. The van der Waals surface area contributed by atoms with E-state index in [9.17, 15) is 0 Å². The van der Waals surface area contributed by atoms with Crippen LogP contribution in [0.4, 0.5) is 17.1 Å². The van der Waals surface area contributed by atoms with Crippen molar-refractivity contribution in [3.8, 4) is 44.5 Å². The van der Waals surface area contributed by atoms with Crippen LogP contribution in [-0.4, -0.2) is 15.7 Å². The molecule has 0 amide bonds. The van der Waals surface area contributed by atoms with Crippen LogP contribution in [0.5, 0.6) is 0 Å². The van der Waals surface area contributed by atoms with Crippen molar-refractivity contribution < 1.29 is 0 Å². The van der Waals surface area contributed by atoms with Crippen LogP contribution >= 0.6 is 0 Å². The van der Waals surface area contributed by atoms with Crippen molar-refractivity contribution in [2.45, 2.75) is 36.8 Å². The SMILES string of the molecule is BC(B)(C)c1ccc(-c2ccccc2N(c2ccc3c(c2)C(C)(C)c2ccccc2-3)c2ccc3c(c2)C2(c4ccccc4-c4ccccc42)c2ccccc2-3)cc1. The van der Waals surface area contributed by atoms with Crippen LogP contribution in [0.3, 0.4) is 0 Å². The molecule has 1 nitrogen and oxygen atoms in total. The predicted octanol–water partition coefficient (Wildman–Crippen LogP) is 11.9. The van der Waals surface area contributed by atoms with Gasteiger partial charge in [-0.2, -0.15) is 0 Å². The Morgan fingerprint density at radius 2 is 0.807 bits per heavy atom. The predicted molar refractivity (Wildman–Crippen MR) is 245 cm³/mol. The normalized spacial score (nSPS) is 14.6. The van der Waals surface area contributed by atoms with E-state index < -0.39 is 5.41 Å². The highest BCUT2D eigenvalue weighted by atomic mass is 15.1. The zero-order chi connectivity index (χ0) is 38.7. The molecule has 0 saturated heterocycles. The summed E-state index contributed by atoms with van der Waals surface area (Å²) in [5.41, 5.74) is 22.7. The third-order valence-corrected chi connectivity index (χ3v) is 13.3. The molecule has 0 aliphatic heterocycles. The number of hydrogen-bond acceptors (Lipinski definition) is 1. The summed E-state index contributed by atoms with van der Waals surface area (Å²) in [6, 6.07) is 68.8. The second-order valence-electron chi connectivity index (χ2n) is 17.7. The van der Waals surface area contributed by atoms with Crippen LogP contribution in [0.2, 0.25) is 0 Å². The number of anilines is 3. The summed E-state index contributed by atoms with van der Waals surface area (Å²) < 4.78 is 0. The van der Waals surface area contributed by atoms with E-state index in [2.05, 4.69) is 223 Å². The van der Waals surface area contributed by atoms with Gasteiger partial charge in [-0.15, -0.1) is 0 Å². The van der Waals surface area contributed by atoms with Crippen LogP contribution < -0.4 is 4.90 Å². The zero-order valence-corrected chi connectivity index (χ0v) is 33.3. The lowest BCUT2D eigenvalue weighted by molar-refractivity contribution is 0.660. The Kier molecular flexibility index (Phi) is 7.21. The summed E-state index contributed by atoms with van der Waals surface area (Å²) in [6.07, 6.45) is 0.